The molecule has 2 aliphatic rings. The molecule has 2 aromatic carbocycles. The van der Waals surface area contributed by atoms with Crippen LogP contribution in [0.25, 0.3) is 0 Å². The first-order valence-electron chi connectivity index (χ1n) is 8.65. The van der Waals surface area contributed by atoms with E-state index < -0.39 is 0 Å². The first kappa shape index (κ1) is 16.2. The highest BCUT2D eigenvalue weighted by Gasteiger charge is 2.29. The van der Waals surface area contributed by atoms with E-state index in [1.165, 1.54) is 5.56 Å². The van der Waals surface area contributed by atoms with Gasteiger partial charge in [-0.2, -0.15) is 0 Å². The quantitative estimate of drug-likeness (QED) is 0.848. The SMILES string of the molecule is CN1CCC(c2ccc(F)cc2)[C@H](COc2ccc3c(c2)OCO3)C1. The first-order valence-corrected chi connectivity index (χ1v) is 8.65. The van der Waals surface area contributed by atoms with Crippen molar-refractivity contribution in [1.29, 1.82) is 0 Å². The number of ether oxygens (including phenoxy) is 3. The molecule has 1 fully saturated rings. The lowest BCUT2D eigenvalue weighted by Gasteiger charge is -2.37. The minimum Gasteiger partial charge on any atom is -0.493 e. The molecule has 4 nitrogen and oxygen atoms in total. The number of fused-ring (bicyclic) bond motifs is 1. The largest absolute Gasteiger partial charge is 0.493 e. The van der Waals surface area contributed by atoms with Crippen molar-refractivity contribution in [3.05, 3.63) is 53.8 Å². The van der Waals surface area contributed by atoms with Gasteiger partial charge in [-0.15, -0.1) is 0 Å². The van der Waals surface area contributed by atoms with Crippen molar-refractivity contribution < 1.29 is 18.6 Å². The first-order chi connectivity index (χ1) is 12.2. The van der Waals surface area contributed by atoms with Crippen LogP contribution in [0.2, 0.25) is 0 Å². The van der Waals surface area contributed by atoms with E-state index >= 15 is 0 Å². The van der Waals surface area contributed by atoms with Crippen molar-refractivity contribution in [2.45, 2.75) is 12.3 Å². The van der Waals surface area contributed by atoms with Gasteiger partial charge in [-0.05, 0) is 55.8 Å². The Morgan fingerprint density at radius 2 is 1.92 bits per heavy atom. The highest BCUT2D eigenvalue weighted by atomic mass is 19.1. The van der Waals surface area contributed by atoms with E-state index in [0.29, 0.717) is 18.4 Å². The molecule has 2 heterocycles. The third-order valence-corrected chi connectivity index (χ3v) is 5.04. The molecular weight excluding hydrogens is 321 g/mol. The van der Waals surface area contributed by atoms with Gasteiger partial charge in [0, 0.05) is 18.5 Å². The normalized spacial score (nSPS) is 22.8. The molecule has 2 aromatic rings. The lowest BCUT2D eigenvalue weighted by atomic mass is 9.81. The fraction of sp³-hybridized carbons (Fsp3) is 0.400. The van der Waals surface area contributed by atoms with Crippen LogP contribution in [0.3, 0.4) is 0 Å². The Kier molecular flexibility index (Phi) is 4.49. The maximum atomic E-state index is 13.2. The summed E-state index contributed by atoms with van der Waals surface area (Å²) < 4.78 is 30.0. The van der Waals surface area contributed by atoms with Crippen LogP contribution in [0.1, 0.15) is 17.9 Å². The van der Waals surface area contributed by atoms with Crippen LogP contribution >= 0.6 is 0 Å². The molecule has 1 unspecified atom stereocenters. The predicted molar refractivity (Wildman–Crippen MR) is 92.8 cm³/mol. The Bertz CT molecular complexity index is 734. The number of nitrogens with zero attached hydrogens (tertiary/aromatic N) is 1. The summed E-state index contributed by atoms with van der Waals surface area (Å²) in [5.74, 6) is 2.82. The summed E-state index contributed by atoms with van der Waals surface area (Å²) in [6, 6.07) is 12.6. The molecule has 5 heteroatoms. The Balaban J connectivity index is 1.47. The summed E-state index contributed by atoms with van der Waals surface area (Å²) in [7, 11) is 2.13. The maximum Gasteiger partial charge on any atom is 0.231 e. The zero-order valence-electron chi connectivity index (χ0n) is 14.3. The van der Waals surface area contributed by atoms with Gasteiger partial charge in [-0.1, -0.05) is 12.1 Å². The average Bonchev–Trinajstić information content (AvgIpc) is 3.09. The number of halogens is 1. The van der Waals surface area contributed by atoms with Crippen LogP contribution in [-0.4, -0.2) is 38.4 Å². The molecule has 0 radical (unpaired) electrons. The molecule has 0 aromatic heterocycles. The number of piperidine rings is 1. The van der Waals surface area contributed by atoms with Crippen molar-refractivity contribution in [3.63, 3.8) is 0 Å². The molecule has 0 saturated carbocycles. The minimum atomic E-state index is -0.190. The highest BCUT2D eigenvalue weighted by molar-refractivity contribution is 5.46. The van der Waals surface area contributed by atoms with Crippen LogP contribution in [0.5, 0.6) is 17.2 Å². The fourth-order valence-corrected chi connectivity index (χ4v) is 3.70. The number of likely N-dealkylation sites (tertiary alicyclic amines) is 1. The van der Waals surface area contributed by atoms with Gasteiger partial charge in [-0.3, -0.25) is 0 Å². The molecule has 2 atom stereocenters. The maximum absolute atomic E-state index is 13.2. The molecule has 0 aliphatic carbocycles. The fourth-order valence-electron chi connectivity index (χ4n) is 3.70. The van der Waals surface area contributed by atoms with E-state index in [9.17, 15) is 4.39 Å². The molecule has 0 spiro atoms. The van der Waals surface area contributed by atoms with Crippen molar-refractivity contribution in [2.24, 2.45) is 5.92 Å². The van der Waals surface area contributed by atoms with Crippen LogP contribution in [0.15, 0.2) is 42.5 Å². The van der Waals surface area contributed by atoms with Gasteiger partial charge in [0.15, 0.2) is 11.5 Å². The molecule has 1 saturated heterocycles. The molecule has 4 rings (SSSR count). The van der Waals surface area contributed by atoms with Gasteiger partial charge < -0.3 is 19.1 Å². The zero-order chi connectivity index (χ0) is 17.2. The number of hydrogen-bond donors (Lipinski definition) is 0. The highest BCUT2D eigenvalue weighted by Crippen LogP contribution is 2.37. The van der Waals surface area contributed by atoms with E-state index in [-0.39, 0.29) is 12.6 Å². The van der Waals surface area contributed by atoms with Crippen molar-refractivity contribution in [3.8, 4) is 17.2 Å². The molecular formula is C20H22FNO3. The smallest absolute Gasteiger partial charge is 0.231 e. The number of hydrogen-bond acceptors (Lipinski definition) is 4. The Hall–Kier alpha value is -2.27. The third kappa shape index (κ3) is 3.56. The second-order valence-electron chi connectivity index (χ2n) is 6.80. The summed E-state index contributed by atoms with van der Waals surface area (Å²) in [4.78, 5) is 2.33. The molecule has 25 heavy (non-hydrogen) atoms. The Morgan fingerprint density at radius 1 is 1.12 bits per heavy atom. The molecule has 0 bridgehead atoms. The van der Waals surface area contributed by atoms with E-state index in [1.807, 2.05) is 30.3 Å². The van der Waals surface area contributed by atoms with Gasteiger partial charge in [0.1, 0.15) is 11.6 Å². The molecule has 2 aliphatic heterocycles. The van der Waals surface area contributed by atoms with E-state index in [4.69, 9.17) is 14.2 Å². The van der Waals surface area contributed by atoms with Gasteiger partial charge in [0.25, 0.3) is 0 Å². The van der Waals surface area contributed by atoms with Crippen LogP contribution in [-0.2, 0) is 0 Å². The van der Waals surface area contributed by atoms with Crippen LogP contribution in [0.4, 0.5) is 4.39 Å². The lowest BCUT2D eigenvalue weighted by Crippen LogP contribution is -2.39. The zero-order valence-corrected chi connectivity index (χ0v) is 14.3. The third-order valence-electron chi connectivity index (χ3n) is 5.04. The number of rotatable bonds is 4. The Morgan fingerprint density at radius 3 is 2.76 bits per heavy atom. The molecule has 0 N–H and O–H groups in total. The molecule has 0 amide bonds. The number of benzene rings is 2. The van der Waals surface area contributed by atoms with Gasteiger partial charge in [0.05, 0.1) is 6.61 Å². The van der Waals surface area contributed by atoms with E-state index in [2.05, 4.69) is 11.9 Å². The van der Waals surface area contributed by atoms with Crippen LogP contribution < -0.4 is 14.2 Å². The monoisotopic (exact) mass is 343 g/mol. The standard InChI is InChI=1S/C20H22FNO3/c1-22-9-8-18(14-2-4-16(21)5-3-14)15(11-22)12-23-17-6-7-19-20(10-17)25-13-24-19/h2-7,10,15,18H,8-9,11-13H2,1H3/t15-,18?/m0/s1. The second kappa shape index (κ2) is 6.92. The van der Waals surface area contributed by atoms with Gasteiger partial charge in [0.2, 0.25) is 6.79 Å². The average molecular weight is 343 g/mol. The van der Waals surface area contributed by atoms with Crippen LogP contribution in [0, 0.1) is 11.7 Å². The van der Waals surface area contributed by atoms with Crippen molar-refractivity contribution in [2.75, 3.05) is 33.5 Å². The van der Waals surface area contributed by atoms with Crippen molar-refractivity contribution >= 4 is 0 Å². The summed E-state index contributed by atoms with van der Waals surface area (Å²) >= 11 is 0. The second-order valence-corrected chi connectivity index (χ2v) is 6.80. The summed E-state index contributed by atoms with van der Waals surface area (Å²) in [6.45, 7) is 2.89. The predicted octanol–water partition coefficient (Wildman–Crippen LogP) is 3.67. The van der Waals surface area contributed by atoms with E-state index in [1.54, 1.807) is 12.1 Å². The lowest BCUT2D eigenvalue weighted by molar-refractivity contribution is 0.129. The van der Waals surface area contributed by atoms with Gasteiger partial charge >= 0.3 is 0 Å². The van der Waals surface area contributed by atoms with E-state index in [0.717, 1.165) is 36.8 Å². The van der Waals surface area contributed by atoms with Gasteiger partial charge in [-0.25, -0.2) is 4.39 Å². The minimum absolute atomic E-state index is 0.190. The van der Waals surface area contributed by atoms with Crippen molar-refractivity contribution in [1.82, 2.24) is 4.90 Å². The summed E-state index contributed by atoms with van der Waals surface area (Å²) in [6.07, 6.45) is 1.05. The summed E-state index contributed by atoms with van der Waals surface area (Å²) in [5, 5.41) is 0. The topological polar surface area (TPSA) is 30.9 Å². The molecule has 132 valence electrons. The Labute approximate surface area is 147 Å². The summed E-state index contributed by atoms with van der Waals surface area (Å²) in [5.41, 5.74) is 1.19.